The fourth-order valence-electron chi connectivity index (χ4n) is 1.95. The van der Waals surface area contributed by atoms with Gasteiger partial charge in [0.25, 0.3) is 0 Å². The molecule has 1 N–H and O–H groups in total. The van der Waals surface area contributed by atoms with Gasteiger partial charge in [-0.05, 0) is 51.4 Å². The van der Waals surface area contributed by atoms with Crippen LogP contribution in [0.15, 0.2) is 36.4 Å². The fraction of sp³-hybridized carbons (Fsp3) is 0.667. The second-order valence-corrected chi connectivity index (χ2v) is 5.30. The highest BCUT2D eigenvalue weighted by Gasteiger charge is 1.99. The quantitative estimate of drug-likeness (QED) is 0.179. The van der Waals surface area contributed by atoms with Crippen LogP contribution in [0, 0.1) is 5.39 Å². The zero-order valence-corrected chi connectivity index (χ0v) is 13.9. The molecule has 4 heteroatoms. The smallest absolute Gasteiger partial charge is 0.429 e. The normalized spacial score (nSPS) is 12.1. The molecule has 0 aromatic carbocycles. The maximum atomic E-state index is 9.02. The Hall–Kier alpha value is -1.76. The van der Waals surface area contributed by atoms with Crippen LogP contribution < -0.4 is 0 Å². The fourth-order valence-corrected chi connectivity index (χ4v) is 1.95. The number of hydrogen-bond acceptors (Lipinski definition) is 3. The first-order valence-corrected chi connectivity index (χ1v) is 8.47. The third-order valence-corrected chi connectivity index (χ3v) is 3.23. The molecule has 0 aromatic heterocycles. The van der Waals surface area contributed by atoms with Gasteiger partial charge in [-0.2, -0.15) is 0 Å². The summed E-state index contributed by atoms with van der Waals surface area (Å²) in [5, 5.41) is 17.2. The molecule has 0 fully saturated rings. The zero-order chi connectivity index (χ0) is 16.3. The van der Waals surface area contributed by atoms with E-state index in [0.717, 1.165) is 38.3 Å². The summed E-state index contributed by atoms with van der Waals surface area (Å²) in [7, 11) is 0. The first-order chi connectivity index (χ1) is 10.8. The van der Waals surface area contributed by atoms with Crippen molar-refractivity contribution in [3.05, 3.63) is 41.4 Å². The molecular weight excluding hydrogens is 276 g/mol. The van der Waals surface area contributed by atoms with Gasteiger partial charge in [-0.3, -0.25) is 0 Å². The van der Waals surface area contributed by atoms with Crippen molar-refractivity contribution in [3.63, 3.8) is 0 Å². The summed E-state index contributed by atoms with van der Waals surface area (Å²) in [4.78, 5) is 2.67. The molecule has 22 heavy (non-hydrogen) atoms. The Kier molecular flexibility index (Phi) is 15.9. The molecule has 0 rings (SSSR count). The summed E-state index contributed by atoms with van der Waals surface area (Å²) < 4.78 is 4.93. The van der Waals surface area contributed by atoms with Gasteiger partial charge in [0.05, 0.1) is 6.61 Å². The van der Waals surface area contributed by atoms with E-state index in [9.17, 15) is 0 Å². The third-order valence-electron chi connectivity index (χ3n) is 3.23. The number of nitrogens with zero attached hydrogens (tertiary/aromatic N) is 2. The standard InChI is InChI=1S/C18H30N2O2/c1-2-3-4-5-6-7-8-9-10-11-12-13-14-15-16-22-18(21)17-20-19/h5-6,10-11,17H,2-4,7-9,12-16H2,1H3/p+1/b6-5-,11-10+,18-17+. The van der Waals surface area contributed by atoms with Crippen LogP contribution in [0.5, 0.6) is 0 Å². The van der Waals surface area contributed by atoms with Crippen molar-refractivity contribution >= 4 is 0 Å². The van der Waals surface area contributed by atoms with Crippen LogP contribution in [0.4, 0.5) is 0 Å². The van der Waals surface area contributed by atoms with Gasteiger partial charge in [0.15, 0.2) is 4.98 Å². The number of diazo groups is 1. The van der Waals surface area contributed by atoms with Crippen LogP contribution >= 0.6 is 0 Å². The lowest BCUT2D eigenvalue weighted by molar-refractivity contribution is 0.0907. The van der Waals surface area contributed by atoms with E-state index in [1.165, 1.54) is 32.1 Å². The highest BCUT2D eigenvalue weighted by molar-refractivity contribution is 4.87. The molecule has 0 saturated carbocycles. The average Bonchev–Trinajstić information content (AvgIpc) is 2.51. The van der Waals surface area contributed by atoms with Crippen molar-refractivity contribution in [2.45, 2.75) is 71.1 Å². The Morgan fingerprint density at radius 3 is 2.09 bits per heavy atom. The molecule has 0 aliphatic rings. The van der Waals surface area contributed by atoms with Gasteiger partial charge in [-0.1, -0.05) is 44.1 Å². The van der Waals surface area contributed by atoms with Gasteiger partial charge in [0.1, 0.15) is 0 Å². The second kappa shape index (κ2) is 17.3. The van der Waals surface area contributed by atoms with Gasteiger partial charge in [-0.15, -0.1) is 0 Å². The first-order valence-electron chi connectivity index (χ1n) is 8.47. The lowest BCUT2D eigenvalue weighted by atomic mass is 10.1. The minimum Gasteiger partial charge on any atom is -0.476 e. The predicted octanol–water partition coefficient (Wildman–Crippen LogP) is 6.25. The molecule has 4 nitrogen and oxygen atoms in total. The number of allylic oxidation sites excluding steroid dienone is 4. The minimum atomic E-state index is -0.342. The minimum absolute atomic E-state index is 0.342. The molecule has 0 heterocycles. The van der Waals surface area contributed by atoms with Crippen molar-refractivity contribution in [2.24, 2.45) is 0 Å². The highest BCUT2D eigenvalue weighted by atomic mass is 16.6. The Bertz CT molecular complexity index is 368. The first kappa shape index (κ1) is 20.2. The molecule has 124 valence electrons. The molecule has 0 amide bonds. The number of rotatable bonds is 14. The van der Waals surface area contributed by atoms with Crippen LogP contribution in [0.2, 0.25) is 0 Å². The molecular formula is C18H31N2O2+. The Morgan fingerprint density at radius 2 is 1.50 bits per heavy atom. The molecule has 0 aliphatic heterocycles. The van der Waals surface area contributed by atoms with Crippen molar-refractivity contribution < 1.29 is 9.84 Å². The maximum absolute atomic E-state index is 9.02. The SMILES string of the molecule is CCCC/C=C\CCC/C=C/CCCCCO/C(O)=C/[N+]#N. The van der Waals surface area contributed by atoms with Crippen LogP contribution in [-0.4, -0.2) is 11.7 Å². The molecule has 0 radical (unpaired) electrons. The van der Waals surface area contributed by atoms with Crippen LogP contribution in [0.25, 0.3) is 4.98 Å². The summed E-state index contributed by atoms with van der Waals surface area (Å²) in [5.41, 5.74) is 0. The summed E-state index contributed by atoms with van der Waals surface area (Å²) in [6, 6.07) is 0. The van der Waals surface area contributed by atoms with Gasteiger partial charge in [0.2, 0.25) is 5.39 Å². The maximum Gasteiger partial charge on any atom is 0.429 e. The number of ether oxygens (including phenoxy) is 1. The zero-order valence-electron chi connectivity index (χ0n) is 13.9. The average molecular weight is 307 g/mol. The lowest BCUT2D eigenvalue weighted by Gasteiger charge is -2.00. The Morgan fingerprint density at radius 1 is 0.909 bits per heavy atom. The molecule has 0 saturated heterocycles. The molecule has 0 unspecified atom stereocenters. The molecule has 0 spiro atoms. The monoisotopic (exact) mass is 307 g/mol. The Labute approximate surface area is 135 Å². The van der Waals surface area contributed by atoms with Gasteiger partial charge in [-0.25, -0.2) is 0 Å². The van der Waals surface area contributed by atoms with Crippen LogP contribution in [0.1, 0.15) is 71.1 Å². The van der Waals surface area contributed by atoms with Crippen molar-refractivity contribution in [2.75, 3.05) is 6.61 Å². The van der Waals surface area contributed by atoms with E-state index in [2.05, 4.69) is 36.2 Å². The summed E-state index contributed by atoms with van der Waals surface area (Å²) >= 11 is 0. The van der Waals surface area contributed by atoms with E-state index in [1.54, 1.807) is 0 Å². The summed E-state index contributed by atoms with van der Waals surface area (Å²) in [5.74, 6) is -0.342. The Balaban J connectivity index is 3.26. The summed E-state index contributed by atoms with van der Waals surface area (Å²) in [6.45, 7) is 2.67. The largest absolute Gasteiger partial charge is 0.476 e. The van der Waals surface area contributed by atoms with Crippen LogP contribution in [-0.2, 0) is 4.74 Å². The summed E-state index contributed by atoms with van der Waals surface area (Å²) in [6.07, 6.45) is 21.6. The van der Waals surface area contributed by atoms with E-state index in [4.69, 9.17) is 15.2 Å². The van der Waals surface area contributed by atoms with Crippen molar-refractivity contribution in [1.82, 2.24) is 0 Å². The number of unbranched alkanes of at least 4 members (excludes halogenated alkanes) is 7. The predicted molar refractivity (Wildman–Crippen MR) is 91.9 cm³/mol. The van der Waals surface area contributed by atoms with Crippen LogP contribution in [0.3, 0.4) is 0 Å². The van der Waals surface area contributed by atoms with Crippen molar-refractivity contribution in [3.8, 4) is 0 Å². The van der Waals surface area contributed by atoms with Gasteiger partial charge >= 0.3 is 12.1 Å². The molecule has 0 atom stereocenters. The third kappa shape index (κ3) is 16.3. The molecule has 0 aromatic rings. The molecule has 0 bridgehead atoms. The van der Waals surface area contributed by atoms with Gasteiger partial charge < -0.3 is 9.84 Å². The van der Waals surface area contributed by atoms with E-state index < -0.39 is 0 Å². The number of aliphatic hydroxyl groups excluding tert-OH is 1. The van der Waals surface area contributed by atoms with E-state index in [0.29, 0.717) is 6.61 Å². The number of hydrogen-bond donors (Lipinski definition) is 1. The lowest BCUT2D eigenvalue weighted by Crippen LogP contribution is -1.93. The highest BCUT2D eigenvalue weighted by Crippen LogP contribution is 2.05. The van der Waals surface area contributed by atoms with Gasteiger partial charge in [0, 0.05) is 0 Å². The second-order valence-electron chi connectivity index (χ2n) is 5.30. The molecule has 0 aliphatic carbocycles. The number of aliphatic hydroxyl groups is 1. The van der Waals surface area contributed by atoms with E-state index in [-0.39, 0.29) is 5.95 Å². The van der Waals surface area contributed by atoms with Crippen molar-refractivity contribution in [1.29, 1.82) is 5.39 Å². The van der Waals surface area contributed by atoms with E-state index >= 15 is 0 Å². The van der Waals surface area contributed by atoms with E-state index in [1.807, 2.05) is 0 Å². The topological polar surface area (TPSA) is 57.6 Å².